The highest BCUT2D eigenvalue weighted by Crippen LogP contribution is 2.10. The van der Waals surface area contributed by atoms with Gasteiger partial charge in [0.05, 0.1) is 10.9 Å². The minimum atomic E-state index is -0.294. The van der Waals surface area contributed by atoms with E-state index < -0.39 is 0 Å². The molecule has 0 fully saturated rings. The molecule has 0 saturated heterocycles. The number of carbonyl (C=O) groups is 1. The molecule has 0 spiro atoms. The van der Waals surface area contributed by atoms with Gasteiger partial charge in [0.15, 0.2) is 5.43 Å². The molecule has 0 aliphatic carbocycles. The third kappa shape index (κ3) is 3.08. The summed E-state index contributed by atoms with van der Waals surface area (Å²) in [4.78, 5) is 23.5. The van der Waals surface area contributed by atoms with E-state index in [1.807, 2.05) is 0 Å². The van der Waals surface area contributed by atoms with Crippen LogP contribution in [0.1, 0.15) is 5.56 Å². The Kier molecular flexibility index (Phi) is 4.10. The van der Waals surface area contributed by atoms with Crippen LogP contribution in [0.5, 0.6) is 0 Å². The van der Waals surface area contributed by atoms with Crippen molar-refractivity contribution >= 4 is 23.0 Å². The van der Waals surface area contributed by atoms with Crippen LogP contribution in [-0.2, 0) is 4.79 Å². The van der Waals surface area contributed by atoms with Crippen molar-refractivity contribution in [1.29, 1.82) is 0 Å². The number of rotatable bonds is 4. The van der Waals surface area contributed by atoms with Crippen molar-refractivity contribution in [2.45, 2.75) is 0 Å². The molecule has 1 aromatic carbocycles. The zero-order valence-electron chi connectivity index (χ0n) is 10.3. The van der Waals surface area contributed by atoms with E-state index in [2.05, 4.69) is 5.32 Å². The first kappa shape index (κ1) is 13.0. The number of benzene rings is 1. The standard InChI is InChI=1S/C14H14N2O3/c15-7-8-16-13(17)6-5-10-9-19-12-4-2-1-3-11(12)14(10)18/h1-6,9H,7-8,15H2,(H,16,17)/b6-5+. The summed E-state index contributed by atoms with van der Waals surface area (Å²) in [6.45, 7) is 0.771. The largest absolute Gasteiger partial charge is 0.463 e. The van der Waals surface area contributed by atoms with Gasteiger partial charge < -0.3 is 15.5 Å². The lowest BCUT2D eigenvalue weighted by molar-refractivity contribution is -0.116. The molecule has 0 atom stereocenters. The van der Waals surface area contributed by atoms with E-state index in [0.29, 0.717) is 29.6 Å². The normalized spacial score (nSPS) is 11.0. The van der Waals surface area contributed by atoms with E-state index in [0.717, 1.165) is 0 Å². The monoisotopic (exact) mass is 258 g/mol. The van der Waals surface area contributed by atoms with E-state index in [1.54, 1.807) is 24.3 Å². The minimum absolute atomic E-state index is 0.162. The second-order valence-electron chi connectivity index (χ2n) is 3.93. The van der Waals surface area contributed by atoms with Crippen LogP contribution in [0.15, 0.2) is 45.8 Å². The number of fused-ring (bicyclic) bond motifs is 1. The highest BCUT2D eigenvalue weighted by molar-refractivity contribution is 5.92. The van der Waals surface area contributed by atoms with Crippen molar-refractivity contribution in [1.82, 2.24) is 5.32 Å². The van der Waals surface area contributed by atoms with Crippen LogP contribution in [0.25, 0.3) is 17.0 Å². The Morgan fingerprint density at radius 2 is 2.16 bits per heavy atom. The van der Waals surface area contributed by atoms with Crippen LogP contribution in [0, 0.1) is 0 Å². The van der Waals surface area contributed by atoms with Gasteiger partial charge in [-0.2, -0.15) is 0 Å². The van der Waals surface area contributed by atoms with Gasteiger partial charge in [0.2, 0.25) is 5.91 Å². The molecule has 98 valence electrons. The molecule has 5 heteroatoms. The quantitative estimate of drug-likeness (QED) is 0.797. The van der Waals surface area contributed by atoms with E-state index >= 15 is 0 Å². The van der Waals surface area contributed by atoms with Crippen molar-refractivity contribution < 1.29 is 9.21 Å². The van der Waals surface area contributed by atoms with E-state index in [-0.39, 0.29) is 11.3 Å². The van der Waals surface area contributed by atoms with E-state index in [9.17, 15) is 9.59 Å². The summed E-state index contributed by atoms with van der Waals surface area (Å²) in [6, 6.07) is 6.97. The van der Waals surface area contributed by atoms with Crippen molar-refractivity contribution in [2.24, 2.45) is 5.73 Å². The zero-order valence-corrected chi connectivity index (χ0v) is 10.3. The molecular formula is C14H14N2O3. The van der Waals surface area contributed by atoms with E-state index in [1.165, 1.54) is 18.4 Å². The number of nitrogens with one attached hydrogen (secondary N) is 1. The van der Waals surface area contributed by atoms with Gasteiger partial charge in [0.1, 0.15) is 11.8 Å². The molecule has 0 aliphatic rings. The first-order chi connectivity index (χ1) is 9.22. The summed E-state index contributed by atoms with van der Waals surface area (Å²) < 4.78 is 5.33. The van der Waals surface area contributed by atoms with Gasteiger partial charge in [-0.1, -0.05) is 12.1 Å². The Balaban J connectivity index is 2.26. The Hall–Kier alpha value is -2.40. The van der Waals surface area contributed by atoms with Gasteiger partial charge in [-0.15, -0.1) is 0 Å². The lowest BCUT2D eigenvalue weighted by Gasteiger charge is -1.99. The smallest absolute Gasteiger partial charge is 0.244 e. The number of amides is 1. The van der Waals surface area contributed by atoms with E-state index in [4.69, 9.17) is 10.2 Å². The molecule has 0 radical (unpaired) electrons. The zero-order chi connectivity index (χ0) is 13.7. The van der Waals surface area contributed by atoms with Gasteiger partial charge >= 0.3 is 0 Å². The first-order valence-electron chi connectivity index (χ1n) is 5.89. The van der Waals surface area contributed by atoms with Gasteiger partial charge in [-0.05, 0) is 18.2 Å². The maximum absolute atomic E-state index is 12.1. The van der Waals surface area contributed by atoms with Crippen molar-refractivity contribution in [2.75, 3.05) is 13.1 Å². The van der Waals surface area contributed by atoms with Gasteiger partial charge in [-0.25, -0.2) is 0 Å². The van der Waals surface area contributed by atoms with Gasteiger partial charge in [-0.3, -0.25) is 9.59 Å². The van der Waals surface area contributed by atoms with Crippen molar-refractivity contribution in [3.8, 4) is 0 Å². The highest BCUT2D eigenvalue weighted by Gasteiger charge is 2.04. The Bertz CT molecular complexity index is 674. The average Bonchev–Trinajstić information content (AvgIpc) is 2.44. The molecule has 1 heterocycles. The molecule has 2 rings (SSSR count). The van der Waals surface area contributed by atoms with Crippen LogP contribution >= 0.6 is 0 Å². The first-order valence-corrected chi connectivity index (χ1v) is 5.89. The highest BCUT2D eigenvalue weighted by atomic mass is 16.3. The van der Waals surface area contributed by atoms with Crippen LogP contribution in [0.3, 0.4) is 0 Å². The van der Waals surface area contributed by atoms with Crippen LogP contribution in [0.2, 0.25) is 0 Å². The topological polar surface area (TPSA) is 85.3 Å². The molecule has 3 N–H and O–H groups in total. The Morgan fingerprint density at radius 1 is 1.37 bits per heavy atom. The third-order valence-electron chi connectivity index (χ3n) is 2.56. The lowest BCUT2D eigenvalue weighted by Crippen LogP contribution is -2.27. The molecule has 1 amide bonds. The fourth-order valence-corrected chi connectivity index (χ4v) is 1.63. The number of hydrogen-bond acceptors (Lipinski definition) is 4. The van der Waals surface area contributed by atoms with Gasteiger partial charge in [0, 0.05) is 19.2 Å². The van der Waals surface area contributed by atoms with Crippen LogP contribution in [-0.4, -0.2) is 19.0 Å². The molecule has 2 aromatic rings. The van der Waals surface area contributed by atoms with Crippen LogP contribution < -0.4 is 16.5 Å². The summed E-state index contributed by atoms with van der Waals surface area (Å²) in [6.07, 6.45) is 4.07. The molecule has 0 unspecified atom stereocenters. The summed E-state index contributed by atoms with van der Waals surface area (Å²) in [5.41, 5.74) is 5.96. The van der Waals surface area contributed by atoms with Crippen molar-refractivity contribution in [3.05, 3.63) is 52.4 Å². The summed E-state index contributed by atoms with van der Waals surface area (Å²) >= 11 is 0. The third-order valence-corrected chi connectivity index (χ3v) is 2.56. The molecule has 5 nitrogen and oxygen atoms in total. The van der Waals surface area contributed by atoms with Crippen molar-refractivity contribution in [3.63, 3.8) is 0 Å². The predicted molar refractivity (Wildman–Crippen MR) is 73.6 cm³/mol. The lowest BCUT2D eigenvalue weighted by atomic mass is 10.1. The maximum Gasteiger partial charge on any atom is 0.244 e. The molecule has 0 saturated carbocycles. The number of nitrogens with two attached hydrogens (primary N) is 1. The average molecular weight is 258 g/mol. The second-order valence-corrected chi connectivity index (χ2v) is 3.93. The number of para-hydroxylation sites is 1. The summed E-state index contributed by atoms with van der Waals surface area (Å²) in [7, 11) is 0. The Morgan fingerprint density at radius 3 is 2.95 bits per heavy atom. The number of hydrogen-bond donors (Lipinski definition) is 2. The Labute approximate surface area is 109 Å². The second kappa shape index (κ2) is 5.97. The molecular weight excluding hydrogens is 244 g/mol. The van der Waals surface area contributed by atoms with Gasteiger partial charge in [0.25, 0.3) is 0 Å². The maximum atomic E-state index is 12.1. The predicted octanol–water partition coefficient (Wildman–Crippen LogP) is 0.881. The number of carbonyl (C=O) groups excluding carboxylic acids is 1. The van der Waals surface area contributed by atoms with Crippen LogP contribution in [0.4, 0.5) is 0 Å². The fraction of sp³-hybridized carbons (Fsp3) is 0.143. The fourth-order valence-electron chi connectivity index (χ4n) is 1.63. The molecule has 1 aromatic heterocycles. The summed E-state index contributed by atoms with van der Waals surface area (Å²) in [5, 5.41) is 3.07. The minimum Gasteiger partial charge on any atom is -0.463 e. The molecule has 0 bridgehead atoms. The molecule has 19 heavy (non-hydrogen) atoms. The SMILES string of the molecule is NCCNC(=O)/C=C/c1coc2ccccc2c1=O. The molecule has 0 aliphatic heterocycles. The summed E-state index contributed by atoms with van der Waals surface area (Å²) in [5.74, 6) is -0.294.